The summed E-state index contributed by atoms with van der Waals surface area (Å²) in [6.45, 7) is 1.92. The second-order valence-corrected chi connectivity index (χ2v) is 4.27. The minimum Gasteiger partial charge on any atom is -0.394 e. The molecule has 0 aromatic rings. The van der Waals surface area contributed by atoms with Crippen molar-refractivity contribution < 1.29 is 14.6 Å². The van der Waals surface area contributed by atoms with Gasteiger partial charge in [-0.1, -0.05) is 0 Å². The normalized spacial score (nSPS) is 41.7. The van der Waals surface area contributed by atoms with Gasteiger partial charge in [0.05, 0.1) is 13.2 Å². The van der Waals surface area contributed by atoms with Gasteiger partial charge in [-0.3, -0.25) is 9.69 Å². The first-order chi connectivity index (χ1) is 6.74. The molecule has 1 unspecified atom stereocenters. The van der Waals surface area contributed by atoms with Crippen LogP contribution in [0, 0.1) is 5.92 Å². The third-order valence-corrected chi connectivity index (χ3v) is 3.50. The van der Waals surface area contributed by atoms with Crippen LogP contribution in [0.3, 0.4) is 0 Å². The maximum absolute atomic E-state index is 12.0. The Balaban J connectivity index is 2.26. The summed E-state index contributed by atoms with van der Waals surface area (Å²) < 4.78 is 5.08. The van der Waals surface area contributed by atoms with E-state index in [-0.39, 0.29) is 18.3 Å². The molecule has 2 heterocycles. The van der Waals surface area contributed by atoms with Crippen molar-refractivity contribution >= 4 is 5.78 Å². The van der Waals surface area contributed by atoms with Crippen LogP contribution in [0.25, 0.3) is 0 Å². The molecule has 80 valence electrons. The monoisotopic (exact) mass is 199 g/mol. The van der Waals surface area contributed by atoms with E-state index >= 15 is 0 Å². The molecule has 0 aliphatic carbocycles. The first kappa shape index (κ1) is 10.1. The molecule has 2 fully saturated rings. The molecule has 3 atom stereocenters. The predicted octanol–water partition coefficient (Wildman–Crippen LogP) is -0.341. The lowest BCUT2D eigenvalue weighted by atomic mass is 9.91. The Kier molecular flexibility index (Phi) is 2.60. The minimum atomic E-state index is -0.726. The zero-order chi connectivity index (χ0) is 10.2. The van der Waals surface area contributed by atoms with E-state index in [1.165, 1.54) is 0 Å². The predicted molar refractivity (Wildman–Crippen MR) is 51.0 cm³/mol. The fourth-order valence-electron chi connectivity index (χ4n) is 2.74. The first-order valence-electron chi connectivity index (χ1n) is 5.14. The van der Waals surface area contributed by atoms with Crippen LogP contribution in [0.15, 0.2) is 0 Å². The van der Waals surface area contributed by atoms with Crippen LogP contribution < -0.4 is 0 Å². The Labute approximate surface area is 83.8 Å². The van der Waals surface area contributed by atoms with Crippen LogP contribution in [0.5, 0.6) is 0 Å². The first-order valence-corrected chi connectivity index (χ1v) is 5.14. The summed E-state index contributed by atoms with van der Waals surface area (Å²) in [5.41, 5.74) is -0.726. The van der Waals surface area contributed by atoms with Gasteiger partial charge in [-0.2, -0.15) is 0 Å². The average Bonchev–Trinajstić information content (AvgIpc) is 2.41. The molecule has 0 spiro atoms. The van der Waals surface area contributed by atoms with Gasteiger partial charge in [0.2, 0.25) is 0 Å². The van der Waals surface area contributed by atoms with Gasteiger partial charge in [-0.15, -0.1) is 0 Å². The minimum absolute atomic E-state index is 0.115. The van der Waals surface area contributed by atoms with Crippen molar-refractivity contribution in [2.45, 2.75) is 18.4 Å². The van der Waals surface area contributed by atoms with Crippen molar-refractivity contribution in [3.05, 3.63) is 0 Å². The van der Waals surface area contributed by atoms with Crippen LogP contribution in [0.2, 0.25) is 0 Å². The molecule has 0 amide bonds. The molecular weight excluding hydrogens is 182 g/mol. The van der Waals surface area contributed by atoms with Crippen molar-refractivity contribution in [1.82, 2.24) is 4.90 Å². The number of carbonyl (C=O) groups excluding carboxylic acids is 1. The van der Waals surface area contributed by atoms with Gasteiger partial charge in [0, 0.05) is 19.6 Å². The molecule has 0 aromatic carbocycles. The standard InChI is InChI=1S/C10H17NO3/c1-14-7-10(6-12)9(13)8-3-2-4-11(10)5-8/h8,12H,2-7H2,1H3/t8-,10-/m0/s1. The lowest BCUT2D eigenvalue weighted by Gasteiger charge is -2.34. The number of methoxy groups -OCH3 is 1. The highest BCUT2D eigenvalue weighted by Gasteiger charge is 2.54. The van der Waals surface area contributed by atoms with Gasteiger partial charge in [-0.25, -0.2) is 0 Å². The SMILES string of the molecule is COC[C@@]1(CO)C(=O)[C@H]2CCCN1C2. The molecule has 14 heavy (non-hydrogen) atoms. The number of piperidine rings is 1. The number of aliphatic hydroxyl groups is 1. The Morgan fingerprint density at radius 1 is 1.71 bits per heavy atom. The van der Waals surface area contributed by atoms with Crippen molar-refractivity contribution in [3.63, 3.8) is 0 Å². The highest BCUT2D eigenvalue weighted by atomic mass is 16.5. The van der Waals surface area contributed by atoms with E-state index in [1.807, 2.05) is 0 Å². The average molecular weight is 199 g/mol. The number of hydrogen-bond donors (Lipinski definition) is 1. The molecule has 2 saturated heterocycles. The molecule has 1 N–H and O–H groups in total. The van der Waals surface area contributed by atoms with E-state index in [9.17, 15) is 9.90 Å². The number of fused-ring (bicyclic) bond motifs is 2. The smallest absolute Gasteiger partial charge is 0.162 e. The molecule has 2 aliphatic heterocycles. The summed E-state index contributed by atoms with van der Waals surface area (Å²) >= 11 is 0. The van der Waals surface area contributed by atoms with Gasteiger partial charge in [0.1, 0.15) is 5.54 Å². The van der Waals surface area contributed by atoms with Crippen LogP contribution >= 0.6 is 0 Å². The molecule has 4 nitrogen and oxygen atoms in total. The van der Waals surface area contributed by atoms with E-state index in [2.05, 4.69) is 4.90 Å². The summed E-state index contributed by atoms with van der Waals surface area (Å²) in [5, 5.41) is 9.42. The molecule has 0 radical (unpaired) electrons. The zero-order valence-electron chi connectivity index (χ0n) is 8.53. The van der Waals surface area contributed by atoms with Crippen molar-refractivity contribution in [2.24, 2.45) is 5.92 Å². The number of hydrogen-bond acceptors (Lipinski definition) is 4. The van der Waals surface area contributed by atoms with Gasteiger partial charge >= 0.3 is 0 Å². The summed E-state index contributed by atoms with van der Waals surface area (Å²) in [4.78, 5) is 14.1. The summed E-state index contributed by atoms with van der Waals surface area (Å²) in [6, 6.07) is 0. The summed E-state index contributed by atoms with van der Waals surface area (Å²) in [6.07, 6.45) is 2.03. The van der Waals surface area contributed by atoms with Gasteiger partial charge < -0.3 is 9.84 Å². The molecule has 2 bridgehead atoms. The van der Waals surface area contributed by atoms with Crippen LogP contribution in [-0.4, -0.2) is 54.7 Å². The maximum Gasteiger partial charge on any atom is 0.162 e. The number of ether oxygens (including phenoxy) is 1. The second kappa shape index (κ2) is 3.61. The summed E-state index contributed by atoms with van der Waals surface area (Å²) in [5.74, 6) is 0.311. The number of carbonyl (C=O) groups is 1. The van der Waals surface area contributed by atoms with Crippen molar-refractivity contribution in [3.8, 4) is 0 Å². The Bertz CT molecular complexity index is 244. The van der Waals surface area contributed by atoms with Crippen molar-refractivity contribution in [1.29, 1.82) is 0 Å². The second-order valence-electron chi connectivity index (χ2n) is 4.27. The molecule has 2 aliphatic rings. The molecule has 0 saturated carbocycles. The Hall–Kier alpha value is -0.450. The zero-order valence-corrected chi connectivity index (χ0v) is 8.53. The van der Waals surface area contributed by atoms with E-state index < -0.39 is 5.54 Å². The lowest BCUT2D eigenvalue weighted by molar-refractivity contribution is -0.132. The van der Waals surface area contributed by atoms with E-state index in [4.69, 9.17) is 4.74 Å². The van der Waals surface area contributed by atoms with Gasteiger partial charge in [0.25, 0.3) is 0 Å². The maximum atomic E-state index is 12.0. The number of Topliss-reactive ketones (excluding diaryl/α,β-unsaturated/α-hetero) is 1. The Morgan fingerprint density at radius 2 is 2.50 bits per heavy atom. The topological polar surface area (TPSA) is 49.8 Å². The van der Waals surface area contributed by atoms with E-state index in [1.54, 1.807) is 7.11 Å². The fourth-order valence-corrected chi connectivity index (χ4v) is 2.74. The lowest BCUT2D eigenvalue weighted by Crippen LogP contribution is -2.54. The number of nitrogens with zero attached hydrogens (tertiary/aromatic N) is 1. The summed E-state index contributed by atoms with van der Waals surface area (Å²) in [7, 11) is 1.58. The van der Waals surface area contributed by atoms with E-state index in [0.29, 0.717) is 6.61 Å². The van der Waals surface area contributed by atoms with Crippen molar-refractivity contribution in [2.75, 3.05) is 33.4 Å². The Morgan fingerprint density at radius 3 is 3.07 bits per heavy atom. The third-order valence-electron chi connectivity index (χ3n) is 3.50. The molecule has 2 rings (SSSR count). The number of aliphatic hydroxyl groups excluding tert-OH is 1. The van der Waals surface area contributed by atoms with Crippen LogP contribution in [-0.2, 0) is 9.53 Å². The highest BCUT2D eigenvalue weighted by molar-refractivity contribution is 5.93. The quantitative estimate of drug-likeness (QED) is 0.675. The third kappa shape index (κ3) is 1.21. The van der Waals surface area contributed by atoms with Gasteiger partial charge in [-0.05, 0) is 19.4 Å². The van der Waals surface area contributed by atoms with Crippen LogP contribution in [0.4, 0.5) is 0 Å². The van der Waals surface area contributed by atoms with E-state index in [0.717, 1.165) is 25.9 Å². The largest absolute Gasteiger partial charge is 0.394 e. The highest BCUT2D eigenvalue weighted by Crippen LogP contribution is 2.36. The van der Waals surface area contributed by atoms with Crippen LogP contribution in [0.1, 0.15) is 12.8 Å². The number of rotatable bonds is 3. The fraction of sp³-hybridized carbons (Fsp3) is 0.900. The molecule has 0 aromatic heterocycles. The molecular formula is C10H17NO3. The van der Waals surface area contributed by atoms with Gasteiger partial charge in [0.15, 0.2) is 5.78 Å². The molecule has 4 heteroatoms. The number of ketones is 1.